The molecule has 13 heavy (non-hydrogen) atoms. The van der Waals surface area contributed by atoms with Crippen molar-refractivity contribution in [2.75, 3.05) is 13.2 Å². The van der Waals surface area contributed by atoms with Crippen LogP contribution in [0.5, 0.6) is 0 Å². The van der Waals surface area contributed by atoms with Crippen LogP contribution in [0.3, 0.4) is 0 Å². The number of aliphatic imine (C=N–C) groups is 1. The summed E-state index contributed by atoms with van der Waals surface area (Å²) in [6, 6.07) is 1.37. The molecular formula is C10H18N2O. The van der Waals surface area contributed by atoms with Crippen molar-refractivity contribution in [1.82, 2.24) is 5.32 Å². The fourth-order valence-electron chi connectivity index (χ4n) is 2.11. The van der Waals surface area contributed by atoms with Gasteiger partial charge in [0.25, 0.3) is 6.02 Å². The number of rotatable bonds is 1. The van der Waals surface area contributed by atoms with E-state index < -0.39 is 0 Å². The number of nitrogens with zero attached hydrogens (tertiary/aromatic N) is 1. The van der Waals surface area contributed by atoms with Gasteiger partial charge in [-0.1, -0.05) is 19.8 Å². The lowest BCUT2D eigenvalue weighted by Gasteiger charge is -2.29. The lowest BCUT2D eigenvalue weighted by atomic mass is 9.86. The Bertz CT molecular complexity index is 203. The summed E-state index contributed by atoms with van der Waals surface area (Å²) in [5, 5.41) is 3.40. The van der Waals surface area contributed by atoms with Gasteiger partial charge in [-0.2, -0.15) is 0 Å². The topological polar surface area (TPSA) is 33.6 Å². The molecule has 2 rings (SSSR count). The van der Waals surface area contributed by atoms with Gasteiger partial charge in [-0.05, 0) is 18.8 Å². The molecule has 3 nitrogen and oxygen atoms in total. The van der Waals surface area contributed by atoms with Crippen molar-refractivity contribution in [3.05, 3.63) is 0 Å². The molecule has 0 bridgehead atoms. The third-order valence-corrected chi connectivity index (χ3v) is 3.01. The van der Waals surface area contributed by atoms with E-state index in [9.17, 15) is 0 Å². The Hall–Kier alpha value is -0.730. The highest BCUT2D eigenvalue weighted by Crippen LogP contribution is 2.23. The Morgan fingerprint density at radius 1 is 1.38 bits per heavy atom. The first-order valence-electron chi connectivity index (χ1n) is 5.30. The van der Waals surface area contributed by atoms with E-state index in [-0.39, 0.29) is 0 Å². The van der Waals surface area contributed by atoms with E-state index in [4.69, 9.17) is 4.74 Å². The van der Waals surface area contributed by atoms with Crippen LogP contribution in [-0.2, 0) is 4.74 Å². The van der Waals surface area contributed by atoms with Gasteiger partial charge in [0.2, 0.25) is 0 Å². The number of ether oxygens (including phenoxy) is 1. The van der Waals surface area contributed by atoms with Crippen LogP contribution in [0.4, 0.5) is 0 Å². The van der Waals surface area contributed by atoms with E-state index in [0.717, 1.165) is 25.1 Å². The van der Waals surface area contributed by atoms with Crippen LogP contribution in [0.25, 0.3) is 0 Å². The Morgan fingerprint density at radius 3 is 2.92 bits per heavy atom. The summed E-state index contributed by atoms with van der Waals surface area (Å²) in [6.45, 7) is 3.89. The molecule has 0 radical (unpaired) electrons. The number of hydrogen-bond donors (Lipinski definition) is 1. The molecule has 1 aliphatic heterocycles. The first kappa shape index (κ1) is 8.85. The molecule has 1 aliphatic carbocycles. The summed E-state index contributed by atoms with van der Waals surface area (Å²) < 4.78 is 5.34. The third kappa shape index (κ3) is 2.14. The predicted octanol–water partition coefficient (Wildman–Crippen LogP) is 1.54. The fourth-order valence-corrected chi connectivity index (χ4v) is 2.11. The van der Waals surface area contributed by atoms with Gasteiger partial charge in [-0.25, -0.2) is 4.99 Å². The monoisotopic (exact) mass is 182 g/mol. The molecule has 0 aromatic heterocycles. The molecule has 0 aromatic carbocycles. The molecule has 2 aliphatic rings. The zero-order chi connectivity index (χ0) is 9.10. The van der Waals surface area contributed by atoms with Crippen LogP contribution < -0.4 is 5.32 Å². The average molecular weight is 182 g/mol. The number of hydrogen-bond acceptors (Lipinski definition) is 3. The molecule has 74 valence electrons. The first-order chi connectivity index (χ1) is 6.36. The van der Waals surface area contributed by atoms with Crippen molar-refractivity contribution < 1.29 is 4.74 Å². The highest BCUT2D eigenvalue weighted by Gasteiger charge is 2.23. The molecule has 0 aromatic rings. The highest BCUT2D eigenvalue weighted by molar-refractivity contribution is 5.75. The van der Waals surface area contributed by atoms with Crippen molar-refractivity contribution >= 4 is 6.02 Å². The standard InChI is InChI=1S/C10H18N2O/c1-8-4-2-3-5-9(8)12-10-11-6-7-13-10/h8-9H,2-7H2,1H3,(H,11,12)/t8-,9-/m1/s1. The summed E-state index contributed by atoms with van der Waals surface area (Å²) in [5.74, 6) is 0.764. The SMILES string of the molecule is C[C@@H]1CCCC[C@H]1NC1=NCCO1. The minimum Gasteiger partial charge on any atom is -0.463 e. The molecule has 0 unspecified atom stereocenters. The van der Waals surface area contributed by atoms with E-state index in [1.165, 1.54) is 25.7 Å². The summed E-state index contributed by atoms with van der Waals surface area (Å²) in [5.41, 5.74) is 0. The van der Waals surface area contributed by atoms with Gasteiger partial charge >= 0.3 is 0 Å². The van der Waals surface area contributed by atoms with Crippen molar-refractivity contribution in [2.45, 2.75) is 38.6 Å². The van der Waals surface area contributed by atoms with Gasteiger partial charge in [-0.15, -0.1) is 0 Å². The quantitative estimate of drug-likeness (QED) is 0.667. The second kappa shape index (κ2) is 3.99. The van der Waals surface area contributed by atoms with Gasteiger partial charge in [0.15, 0.2) is 0 Å². The smallest absolute Gasteiger partial charge is 0.285 e. The highest BCUT2D eigenvalue weighted by atomic mass is 16.5. The Morgan fingerprint density at radius 2 is 2.23 bits per heavy atom. The zero-order valence-corrected chi connectivity index (χ0v) is 8.25. The number of amidine groups is 1. The second-order valence-electron chi connectivity index (χ2n) is 4.05. The normalized spacial score (nSPS) is 33.8. The summed E-state index contributed by atoms with van der Waals surface area (Å²) in [7, 11) is 0. The van der Waals surface area contributed by atoms with Crippen LogP contribution >= 0.6 is 0 Å². The third-order valence-electron chi connectivity index (χ3n) is 3.01. The predicted molar refractivity (Wildman–Crippen MR) is 52.8 cm³/mol. The van der Waals surface area contributed by atoms with E-state index >= 15 is 0 Å². The second-order valence-corrected chi connectivity index (χ2v) is 4.05. The van der Waals surface area contributed by atoms with E-state index in [1.807, 2.05) is 0 Å². The van der Waals surface area contributed by atoms with Crippen molar-refractivity contribution in [1.29, 1.82) is 0 Å². The van der Waals surface area contributed by atoms with Gasteiger partial charge in [0, 0.05) is 6.04 Å². The maximum absolute atomic E-state index is 5.34. The zero-order valence-electron chi connectivity index (χ0n) is 8.25. The summed E-state index contributed by atoms with van der Waals surface area (Å²) >= 11 is 0. The molecule has 1 fully saturated rings. The Balaban J connectivity index is 1.85. The minimum atomic E-state index is 0.589. The molecule has 1 heterocycles. The maximum atomic E-state index is 5.34. The Kier molecular flexibility index (Phi) is 2.71. The molecule has 0 saturated heterocycles. The van der Waals surface area contributed by atoms with Gasteiger partial charge in [-0.3, -0.25) is 0 Å². The van der Waals surface area contributed by atoms with Crippen molar-refractivity contribution in [3.63, 3.8) is 0 Å². The molecular weight excluding hydrogens is 164 g/mol. The van der Waals surface area contributed by atoms with Crippen LogP contribution in [0.1, 0.15) is 32.6 Å². The molecule has 0 spiro atoms. The lowest BCUT2D eigenvalue weighted by molar-refractivity contribution is 0.273. The number of nitrogens with one attached hydrogen (secondary N) is 1. The molecule has 3 heteroatoms. The minimum absolute atomic E-state index is 0.589. The van der Waals surface area contributed by atoms with Gasteiger partial charge in [0.05, 0.1) is 6.54 Å². The van der Waals surface area contributed by atoms with Crippen LogP contribution in [0, 0.1) is 5.92 Å². The van der Waals surface area contributed by atoms with Crippen LogP contribution in [0.2, 0.25) is 0 Å². The molecule has 2 atom stereocenters. The average Bonchev–Trinajstić information content (AvgIpc) is 2.61. The van der Waals surface area contributed by atoms with Gasteiger partial charge in [0.1, 0.15) is 6.61 Å². The Labute approximate surface area is 79.6 Å². The van der Waals surface area contributed by atoms with E-state index in [2.05, 4.69) is 17.2 Å². The molecule has 1 saturated carbocycles. The van der Waals surface area contributed by atoms with Crippen molar-refractivity contribution in [2.24, 2.45) is 10.9 Å². The first-order valence-corrected chi connectivity index (χ1v) is 5.30. The maximum Gasteiger partial charge on any atom is 0.285 e. The molecule has 1 N–H and O–H groups in total. The lowest BCUT2D eigenvalue weighted by Crippen LogP contribution is -2.41. The summed E-state index contributed by atoms with van der Waals surface area (Å²) in [4.78, 5) is 4.25. The van der Waals surface area contributed by atoms with Crippen LogP contribution in [-0.4, -0.2) is 25.2 Å². The summed E-state index contributed by atoms with van der Waals surface area (Å²) in [6.07, 6.45) is 5.33. The van der Waals surface area contributed by atoms with E-state index in [1.54, 1.807) is 0 Å². The largest absolute Gasteiger partial charge is 0.463 e. The van der Waals surface area contributed by atoms with Crippen LogP contribution in [0.15, 0.2) is 4.99 Å². The molecule has 0 amide bonds. The fraction of sp³-hybridized carbons (Fsp3) is 0.900. The van der Waals surface area contributed by atoms with Crippen molar-refractivity contribution in [3.8, 4) is 0 Å². The van der Waals surface area contributed by atoms with Gasteiger partial charge < -0.3 is 10.1 Å². The van der Waals surface area contributed by atoms with E-state index in [0.29, 0.717) is 6.04 Å².